The third-order valence-electron chi connectivity index (χ3n) is 2.53. The molecule has 0 aliphatic rings. The van der Waals surface area contributed by atoms with Crippen molar-refractivity contribution in [3.63, 3.8) is 0 Å². The van der Waals surface area contributed by atoms with Gasteiger partial charge in [-0.25, -0.2) is 4.39 Å². The number of aliphatic hydroxyl groups excluding tert-OH is 1. The normalized spacial score (nSPS) is 14.7. The van der Waals surface area contributed by atoms with E-state index >= 15 is 0 Å². The van der Waals surface area contributed by atoms with Crippen LogP contribution in [0.25, 0.3) is 0 Å². The molecule has 1 nitrogen and oxygen atoms in total. The molecule has 0 fully saturated rings. The Hall–Kier alpha value is -0.830. The summed E-state index contributed by atoms with van der Waals surface area (Å²) in [6.07, 6.45) is -14.9. The van der Waals surface area contributed by atoms with Crippen molar-refractivity contribution < 1.29 is 35.8 Å². The van der Waals surface area contributed by atoms with Gasteiger partial charge in [0.2, 0.25) is 0 Å². The molecule has 0 saturated carbocycles. The summed E-state index contributed by atoms with van der Waals surface area (Å²) in [5.41, 5.74) is -0.0580. The lowest BCUT2D eigenvalue weighted by Gasteiger charge is -2.27. The molecule has 1 aromatic carbocycles. The third-order valence-corrected chi connectivity index (χ3v) is 3.27. The van der Waals surface area contributed by atoms with Crippen molar-refractivity contribution in [1.29, 1.82) is 0 Å². The smallest absolute Gasteiger partial charge is 0.392 e. The molecule has 1 atom stereocenters. The largest absolute Gasteiger partial charge is 0.403 e. The second-order valence-corrected chi connectivity index (χ2v) is 4.92. The van der Waals surface area contributed by atoms with Crippen molar-refractivity contribution in [3.05, 3.63) is 34.1 Å². The zero-order chi connectivity index (χ0) is 15.7. The number of hydrogen-bond donors (Lipinski definition) is 1. The summed E-state index contributed by atoms with van der Waals surface area (Å²) in [4.78, 5) is 0. The van der Waals surface area contributed by atoms with E-state index in [2.05, 4.69) is 15.9 Å². The first-order valence-electron chi connectivity index (χ1n) is 5.18. The average molecular weight is 369 g/mol. The lowest BCUT2D eigenvalue weighted by molar-refractivity contribution is -0.305. The van der Waals surface area contributed by atoms with E-state index in [4.69, 9.17) is 0 Å². The van der Waals surface area contributed by atoms with Crippen molar-refractivity contribution >= 4 is 15.9 Å². The van der Waals surface area contributed by atoms with E-state index in [1.165, 1.54) is 0 Å². The molecule has 9 heteroatoms. The molecule has 0 aliphatic heterocycles. The fraction of sp³-hybridized carbons (Fsp3) is 0.455. The number of benzene rings is 1. The molecule has 114 valence electrons. The van der Waals surface area contributed by atoms with Crippen LogP contribution in [0, 0.1) is 11.7 Å². The van der Waals surface area contributed by atoms with Crippen molar-refractivity contribution in [2.24, 2.45) is 5.92 Å². The van der Waals surface area contributed by atoms with E-state index in [9.17, 15) is 35.8 Å². The Bertz CT molecular complexity index is 455. The molecule has 0 amide bonds. The fourth-order valence-corrected chi connectivity index (χ4v) is 2.16. The monoisotopic (exact) mass is 368 g/mol. The van der Waals surface area contributed by atoms with Crippen molar-refractivity contribution in [2.45, 2.75) is 24.9 Å². The van der Waals surface area contributed by atoms with Crippen LogP contribution >= 0.6 is 15.9 Å². The van der Waals surface area contributed by atoms with Gasteiger partial charge in [0.25, 0.3) is 0 Å². The van der Waals surface area contributed by atoms with Crippen LogP contribution in [0.15, 0.2) is 22.7 Å². The van der Waals surface area contributed by atoms with E-state index in [-0.39, 0.29) is 10.0 Å². The predicted octanol–water partition coefficient (Wildman–Crippen LogP) is 4.23. The highest BCUT2D eigenvalue weighted by molar-refractivity contribution is 9.10. The van der Waals surface area contributed by atoms with E-state index < -0.39 is 36.6 Å². The highest BCUT2D eigenvalue weighted by atomic mass is 79.9. The zero-order valence-corrected chi connectivity index (χ0v) is 11.2. The molecule has 0 spiro atoms. The lowest BCUT2D eigenvalue weighted by atomic mass is 9.95. The molecule has 1 aromatic rings. The van der Waals surface area contributed by atoms with Gasteiger partial charge in [-0.2, -0.15) is 26.3 Å². The van der Waals surface area contributed by atoms with Crippen LogP contribution in [-0.2, 0) is 6.42 Å². The number of rotatable bonds is 3. The quantitative estimate of drug-likeness (QED) is 0.791. The van der Waals surface area contributed by atoms with Crippen LogP contribution in [0.5, 0.6) is 0 Å². The zero-order valence-electron chi connectivity index (χ0n) is 9.56. The number of halogens is 8. The molecule has 0 bridgehead atoms. The molecular weight excluding hydrogens is 361 g/mol. The summed E-state index contributed by atoms with van der Waals surface area (Å²) in [6, 6.07) is 2.77. The van der Waals surface area contributed by atoms with Crippen LogP contribution in [0.2, 0.25) is 0 Å². The maximum atomic E-state index is 12.8. The Morgan fingerprint density at radius 3 is 1.95 bits per heavy atom. The van der Waals surface area contributed by atoms with Gasteiger partial charge in [-0.15, -0.1) is 0 Å². The van der Waals surface area contributed by atoms with Gasteiger partial charge in [-0.05, 0) is 17.7 Å². The van der Waals surface area contributed by atoms with Crippen molar-refractivity contribution in [2.75, 3.05) is 0 Å². The highest BCUT2D eigenvalue weighted by Gasteiger charge is 2.60. The number of aliphatic hydroxyl groups is 1. The van der Waals surface area contributed by atoms with Crippen LogP contribution in [0.4, 0.5) is 30.7 Å². The molecule has 20 heavy (non-hydrogen) atoms. The maximum Gasteiger partial charge on any atom is 0.403 e. The first kappa shape index (κ1) is 17.2. The predicted molar refractivity (Wildman–Crippen MR) is 59.4 cm³/mol. The Balaban J connectivity index is 3.00. The average Bonchev–Trinajstić information content (AvgIpc) is 2.17. The molecular formula is C11H8BrF7O. The van der Waals surface area contributed by atoms with Crippen molar-refractivity contribution in [3.8, 4) is 0 Å². The van der Waals surface area contributed by atoms with Gasteiger partial charge in [-0.1, -0.05) is 22.0 Å². The van der Waals surface area contributed by atoms with E-state index in [0.29, 0.717) is 0 Å². The lowest BCUT2D eigenvalue weighted by Crippen LogP contribution is -2.45. The van der Waals surface area contributed by atoms with Gasteiger partial charge in [0.1, 0.15) is 5.82 Å². The molecule has 1 N–H and O–H groups in total. The van der Waals surface area contributed by atoms with Gasteiger partial charge in [-0.3, -0.25) is 0 Å². The summed E-state index contributed by atoms with van der Waals surface area (Å²) in [5.74, 6) is -4.56. The first-order chi connectivity index (χ1) is 8.93. The summed E-state index contributed by atoms with van der Waals surface area (Å²) < 4.78 is 87.0. The van der Waals surface area contributed by atoms with Crippen LogP contribution in [0.3, 0.4) is 0 Å². The highest BCUT2D eigenvalue weighted by Crippen LogP contribution is 2.42. The topological polar surface area (TPSA) is 20.2 Å². The van der Waals surface area contributed by atoms with E-state index in [0.717, 1.165) is 18.2 Å². The maximum absolute atomic E-state index is 12.8. The van der Waals surface area contributed by atoms with Gasteiger partial charge in [0, 0.05) is 10.9 Å². The van der Waals surface area contributed by atoms with Crippen LogP contribution < -0.4 is 0 Å². The summed E-state index contributed by atoms with van der Waals surface area (Å²) >= 11 is 2.81. The Labute approximate surface area is 117 Å². The van der Waals surface area contributed by atoms with Crippen LogP contribution in [-0.4, -0.2) is 23.6 Å². The molecule has 0 aliphatic carbocycles. The minimum Gasteiger partial charge on any atom is -0.392 e. The number of hydrogen-bond acceptors (Lipinski definition) is 1. The molecule has 0 heterocycles. The molecule has 0 radical (unpaired) electrons. The van der Waals surface area contributed by atoms with Gasteiger partial charge >= 0.3 is 12.4 Å². The minimum absolute atomic E-state index is 0.0142. The Kier molecular flexibility index (Phi) is 5.07. The SMILES string of the molecule is OC(Cc1ccc(F)cc1Br)C(C(F)(F)F)C(F)(F)F. The molecule has 0 saturated heterocycles. The van der Waals surface area contributed by atoms with Crippen LogP contribution in [0.1, 0.15) is 5.56 Å². The minimum atomic E-state index is -5.62. The van der Waals surface area contributed by atoms with Gasteiger partial charge in [0.15, 0.2) is 5.92 Å². The van der Waals surface area contributed by atoms with E-state index in [1.807, 2.05) is 0 Å². The second-order valence-electron chi connectivity index (χ2n) is 4.07. The number of alkyl halides is 6. The third kappa shape index (κ3) is 4.34. The van der Waals surface area contributed by atoms with Gasteiger partial charge in [0.05, 0.1) is 6.10 Å². The fourth-order valence-electron chi connectivity index (χ4n) is 1.65. The Morgan fingerprint density at radius 2 is 1.55 bits per heavy atom. The van der Waals surface area contributed by atoms with E-state index in [1.54, 1.807) is 0 Å². The molecule has 1 rings (SSSR count). The summed E-state index contributed by atoms with van der Waals surface area (Å²) in [5, 5.41) is 9.27. The standard InChI is InChI=1S/C11H8BrF7O/c12-7-4-6(13)2-1-5(7)3-8(20)9(10(14,15)16)11(17,18)19/h1-2,4,8-9,20H,3H2. The molecule has 1 unspecified atom stereocenters. The first-order valence-corrected chi connectivity index (χ1v) is 5.97. The van der Waals surface area contributed by atoms with Crippen molar-refractivity contribution in [1.82, 2.24) is 0 Å². The summed E-state index contributed by atoms with van der Waals surface area (Å²) in [6.45, 7) is 0. The van der Waals surface area contributed by atoms with Gasteiger partial charge < -0.3 is 5.11 Å². The molecule has 0 aromatic heterocycles. The second kappa shape index (κ2) is 5.88. The summed E-state index contributed by atoms with van der Waals surface area (Å²) in [7, 11) is 0. The Morgan fingerprint density at radius 1 is 1.05 bits per heavy atom.